The summed E-state index contributed by atoms with van der Waals surface area (Å²) in [5.74, 6) is 0.644. The number of hydrazone groups is 1. The van der Waals surface area contributed by atoms with E-state index in [1.54, 1.807) is 6.21 Å². The van der Waals surface area contributed by atoms with Crippen molar-refractivity contribution >= 4 is 23.2 Å². The number of para-hydroxylation sites is 2. The molecule has 0 bridgehead atoms. The number of imidazole rings is 1. The summed E-state index contributed by atoms with van der Waals surface area (Å²) in [5, 5.41) is 4.20. The molecule has 0 unspecified atom stereocenters. The van der Waals surface area contributed by atoms with Gasteiger partial charge in [0.25, 0.3) is 0 Å². The first kappa shape index (κ1) is 11.5. The van der Waals surface area contributed by atoms with Crippen molar-refractivity contribution in [3.8, 4) is 0 Å². The van der Waals surface area contributed by atoms with E-state index in [0.29, 0.717) is 5.95 Å². The van der Waals surface area contributed by atoms with Gasteiger partial charge in [0.05, 0.1) is 17.2 Å². The van der Waals surface area contributed by atoms with Crippen molar-refractivity contribution in [1.29, 1.82) is 0 Å². The monoisotopic (exact) mass is 250 g/mol. The third-order valence-electron chi connectivity index (χ3n) is 2.95. The summed E-state index contributed by atoms with van der Waals surface area (Å²) in [6, 6.07) is 16.0. The average molecular weight is 250 g/mol. The molecule has 0 atom stereocenters. The van der Waals surface area contributed by atoms with Gasteiger partial charge in [0.1, 0.15) is 0 Å². The molecule has 4 heteroatoms. The Balaban J connectivity index is 1.77. The van der Waals surface area contributed by atoms with Gasteiger partial charge in [-0.1, -0.05) is 36.4 Å². The standard InChI is InChI=1S/C15H14N4/c1-11-6-2-3-7-12(11)10-16-19-15-17-13-8-4-5-9-14(13)18-15/h2-10H,1H3,(H2,17,18,19). The zero-order valence-electron chi connectivity index (χ0n) is 10.6. The van der Waals surface area contributed by atoms with E-state index in [1.165, 1.54) is 5.56 Å². The largest absolute Gasteiger partial charge is 0.323 e. The Labute approximate surface area is 111 Å². The number of hydrogen-bond donors (Lipinski definition) is 2. The first-order valence-corrected chi connectivity index (χ1v) is 6.12. The van der Waals surface area contributed by atoms with E-state index in [2.05, 4.69) is 33.5 Å². The molecule has 0 aliphatic rings. The minimum absolute atomic E-state index is 0.644. The fraction of sp³-hybridized carbons (Fsp3) is 0.0667. The number of aromatic amines is 1. The van der Waals surface area contributed by atoms with E-state index >= 15 is 0 Å². The zero-order chi connectivity index (χ0) is 13.1. The second kappa shape index (κ2) is 4.94. The maximum Gasteiger partial charge on any atom is 0.222 e. The number of nitrogens with zero attached hydrogens (tertiary/aromatic N) is 2. The highest BCUT2D eigenvalue weighted by molar-refractivity contribution is 5.82. The molecule has 0 aliphatic heterocycles. The summed E-state index contributed by atoms with van der Waals surface area (Å²) in [5.41, 5.74) is 7.12. The Kier molecular flexibility index (Phi) is 2.98. The SMILES string of the molecule is Cc1ccccc1C=NNc1nc2ccccc2[nH]1. The lowest BCUT2D eigenvalue weighted by Gasteiger charge is -1.98. The minimum Gasteiger partial charge on any atom is -0.323 e. The van der Waals surface area contributed by atoms with Gasteiger partial charge in [0.15, 0.2) is 0 Å². The number of hydrogen-bond acceptors (Lipinski definition) is 3. The number of aromatic nitrogens is 2. The van der Waals surface area contributed by atoms with Gasteiger partial charge in [-0.05, 0) is 30.2 Å². The van der Waals surface area contributed by atoms with Crippen LogP contribution in [0.25, 0.3) is 11.0 Å². The third-order valence-corrected chi connectivity index (χ3v) is 2.95. The third kappa shape index (κ3) is 2.47. The molecule has 3 rings (SSSR count). The smallest absolute Gasteiger partial charge is 0.222 e. The fourth-order valence-electron chi connectivity index (χ4n) is 1.90. The van der Waals surface area contributed by atoms with Gasteiger partial charge < -0.3 is 4.98 Å². The lowest BCUT2D eigenvalue weighted by atomic mass is 10.1. The quantitative estimate of drug-likeness (QED) is 0.553. The predicted molar refractivity (Wildman–Crippen MR) is 78.5 cm³/mol. The van der Waals surface area contributed by atoms with E-state index < -0.39 is 0 Å². The molecule has 1 aromatic heterocycles. The molecule has 1 heterocycles. The molecule has 4 nitrogen and oxygen atoms in total. The Hall–Kier alpha value is -2.62. The molecule has 0 aliphatic carbocycles. The highest BCUT2D eigenvalue weighted by atomic mass is 15.3. The minimum atomic E-state index is 0.644. The van der Waals surface area contributed by atoms with Crippen LogP contribution >= 0.6 is 0 Å². The van der Waals surface area contributed by atoms with Crippen LogP contribution in [0, 0.1) is 6.92 Å². The number of rotatable bonds is 3. The summed E-state index contributed by atoms with van der Waals surface area (Å²) in [6.45, 7) is 2.06. The summed E-state index contributed by atoms with van der Waals surface area (Å²) < 4.78 is 0. The lowest BCUT2D eigenvalue weighted by Crippen LogP contribution is -1.93. The molecule has 0 radical (unpaired) electrons. The Morgan fingerprint density at radius 3 is 2.74 bits per heavy atom. The van der Waals surface area contributed by atoms with Crippen molar-refractivity contribution in [2.24, 2.45) is 5.10 Å². The number of nitrogens with one attached hydrogen (secondary N) is 2. The topological polar surface area (TPSA) is 53.1 Å². The zero-order valence-corrected chi connectivity index (χ0v) is 10.6. The number of aryl methyl sites for hydroxylation is 1. The van der Waals surface area contributed by atoms with Gasteiger partial charge in [-0.25, -0.2) is 10.4 Å². The molecule has 2 N–H and O–H groups in total. The first-order chi connectivity index (χ1) is 9.33. The van der Waals surface area contributed by atoms with Gasteiger partial charge in [-0.2, -0.15) is 5.10 Å². The summed E-state index contributed by atoms with van der Waals surface area (Å²) in [7, 11) is 0. The summed E-state index contributed by atoms with van der Waals surface area (Å²) >= 11 is 0. The summed E-state index contributed by atoms with van der Waals surface area (Å²) in [4.78, 5) is 7.55. The molecule has 0 saturated heterocycles. The van der Waals surface area contributed by atoms with E-state index in [1.807, 2.05) is 42.5 Å². The van der Waals surface area contributed by atoms with E-state index in [-0.39, 0.29) is 0 Å². The van der Waals surface area contributed by atoms with Crippen molar-refractivity contribution in [2.75, 3.05) is 5.43 Å². The first-order valence-electron chi connectivity index (χ1n) is 6.12. The Bertz CT molecular complexity index is 695. The predicted octanol–water partition coefficient (Wildman–Crippen LogP) is 3.32. The van der Waals surface area contributed by atoms with E-state index in [9.17, 15) is 0 Å². The van der Waals surface area contributed by atoms with E-state index in [0.717, 1.165) is 16.6 Å². The van der Waals surface area contributed by atoms with Crippen LogP contribution in [0.1, 0.15) is 11.1 Å². The second-order valence-electron chi connectivity index (χ2n) is 4.33. The van der Waals surface area contributed by atoms with Crippen LogP contribution in [-0.2, 0) is 0 Å². The van der Waals surface area contributed by atoms with Crippen LogP contribution < -0.4 is 5.43 Å². The molecule has 0 saturated carbocycles. The van der Waals surface area contributed by atoms with Crippen LogP contribution in [0.15, 0.2) is 53.6 Å². The normalized spacial score (nSPS) is 11.2. The van der Waals surface area contributed by atoms with Crippen LogP contribution in [-0.4, -0.2) is 16.2 Å². The second-order valence-corrected chi connectivity index (χ2v) is 4.33. The highest BCUT2D eigenvalue weighted by Gasteiger charge is 1.99. The van der Waals surface area contributed by atoms with Crippen LogP contribution in [0.3, 0.4) is 0 Å². The van der Waals surface area contributed by atoms with Crippen molar-refractivity contribution in [3.05, 3.63) is 59.7 Å². The van der Waals surface area contributed by atoms with Gasteiger partial charge in [-0.15, -0.1) is 0 Å². The van der Waals surface area contributed by atoms with Gasteiger partial charge >= 0.3 is 0 Å². The molecule has 0 spiro atoms. The average Bonchev–Trinajstić information content (AvgIpc) is 2.83. The van der Waals surface area contributed by atoms with Gasteiger partial charge in [0, 0.05) is 0 Å². The number of H-pyrrole nitrogens is 1. The molecule has 94 valence electrons. The number of anilines is 1. The molecular weight excluding hydrogens is 236 g/mol. The van der Waals surface area contributed by atoms with Gasteiger partial charge in [-0.3, -0.25) is 0 Å². The fourth-order valence-corrected chi connectivity index (χ4v) is 1.90. The molecule has 19 heavy (non-hydrogen) atoms. The Morgan fingerprint density at radius 1 is 1.11 bits per heavy atom. The van der Waals surface area contributed by atoms with Crippen LogP contribution in [0.4, 0.5) is 5.95 Å². The Morgan fingerprint density at radius 2 is 1.89 bits per heavy atom. The molecule has 0 fully saturated rings. The van der Waals surface area contributed by atoms with Crippen LogP contribution in [0.5, 0.6) is 0 Å². The molecule has 0 amide bonds. The highest BCUT2D eigenvalue weighted by Crippen LogP contribution is 2.13. The number of benzene rings is 2. The lowest BCUT2D eigenvalue weighted by molar-refractivity contribution is 1.21. The van der Waals surface area contributed by atoms with Crippen molar-refractivity contribution in [2.45, 2.75) is 6.92 Å². The maximum absolute atomic E-state index is 4.39. The number of fused-ring (bicyclic) bond motifs is 1. The molecular formula is C15H14N4. The molecule has 2 aromatic carbocycles. The van der Waals surface area contributed by atoms with E-state index in [4.69, 9.17) is 0 Å². The molecule has 3 aromatic rings. The van der Waals surface area contributed by atoms with Crippen molar-refractivity contribution in [3.63, 3.8) is 0 Å². The van der Waals surface area contributed by atoms with Crippen LogP contribution in [0.2, 0.25) is 0 Å². The van der Waals surface area contributed by atoms with Crippen molar-refractivity contribution < 1.29 is 0 Å². The maximum atomic E-state index is 4.39. The van der Waals surface area contributed by atoms with Crippen molar-refractivity contribution in [1.82, 2.24) is 9.97 Å². The van der Waals surface area contributed by atoms with Gasteiger partial charge in [0.2, 0.25) is 5.95 Å². The summed E-state index contributed by atoms with van der Waals surface area (Å²) in [6.07, 6.45) is 1.79.